The lowest BCUT2D eigenvalue weighted by Crippen LogP contribution is -2.50. The van der Waals surface area contributed by atoms with Crippen LogP contribution in [0.4, 0.5) is 18.9 Å². The molecule has 1 aliphatic rings. The highest BCUT2D eigenvalue weighted by Gasteiger charge is 2.34. The van der Waals surface area contributed by atoms with Gasteiger partial charge in [0.1, 0.15) is 28.2 Å². The van der Waals surface area contributed by atoms with E-state index in [4.69, 9.17) is 49.5 Å². The Kier molecular flexibility index (Phi) is 31.1. The van der Waals surface area contributed by atoms with Crippen molar-refractivity contribution in [1.29, 1.82) is 5.26 Å². The Morgan fingerprint density at radius 2 is 1.01 bits per heavy atom. The molecule has 3 amide bonds. The second-order valence-electron chi connectivity index (χ2n) is 23.9. The van der Waals surface area contributed by atoms with Crippen LogP contribution in [0.2, 0.25) is 5.02 Å². The van der Waals surface area contributed by atoms with E-state index in [1.165, 1.54) is 30.1 Å². The number of alkyl halides is 3. The van der Waals surface area contributed by atoms with E-state index in [2.05, 4.69) is 15.6 Å². The number of nitrogens with one attached hydrogen (secondary N) is 2. The number of ether oxygens (including phenoxy) is 8. The van der Waals surface area contributed by atoms with E-state index in [1.54, 1.807) is 30.3 Å². The summed E-state index contributed by atoms with van der Waals surface area (Å²) >= 11 is 6.39. The molecule has 23 nitrogen and oxygen atoms in total. The minimum Gasteiger partial charge on any atom is -0.491 e. The van der Waals surface area contributed by atoms with Gasteiger partial charge in [0.25, 0.3) is 5.91 Å². The van der Waals surface area contributed by atoms with Gasteiger partial charge in [-0.05, 0) is 98.7 Å². The van der Waals surface area contributed by atoms with Crippen LogP contribution >= 0.6 is 11.6 Å². The van der Waals surface area contributed by atoms with Crippen molar-refractivity contribution >= 4 is 52.9 Å². The smallest absolute Gasteiger partial charge is 0.433 e. The number of benzene rings is 2. The van der Waals surface area contributed by atoms with Crippen molar-refractivity contribution < 1.29 is 79.8 Å². The molecule has 2 aromatic carbocycles. The van der Waals surface area contributed by atoms with Crippen molar-refractivity contribution in [2.45, 2.75) is 91.7 Å². The maximum Gasteiger partial charge on any atom is 0.433 e. The summed E-state index contributed by atoms with van der Waals surface area (Å²) in [5.41, 5.74) is -2.91. The number of para-hydroxylation sites is 2. The number of carbonyl (C=O) groups excluding carboxylic acids is 6. The molecule has 2 N–H and O–H groups in total. The van der Waals surface area contributed by atoms with Crippen molar-refractivity contribution in [2.24, 2.45) is 0 Å². The Hall–Kier alpha value is -6.54. The summed E-state index contributed by atoms with van der Waals surface area (Å²) in [5, 5.41) is 15.4. The van der Waals surface area contributed by atoms with Crippen LogP contribution in [-0.4, -0.2) is 235 Å². The fourth-order valence-electron chi connectivity index (χ4n) is 8.71. The molecule has 0 saturated carbocycles. The number of nitrogens with zero attached hydrogens (tertiary/aromatic N) is 7. The Balaban J connectivity index is 1.10. The largest absolute Gasteiger partial charge is 0.491 e. The summed E-state index contributed by atoms with van der Waals surface area (Å²) in [6, 6.07) is 13.3. The predicted octanol–water partition coefficient (Wildman–Crippen LogP) is 5.88. The third-order valence-electron chi connectivity index (χ3n) is 12.8. The SMILES string of the molecule is CN(C(=O)c1ccc(Cl)c(-c2cnc(C(F)(F)F)cc2C#N)c1)c1ccccc1OCCC(=O)NCCOCCOCCOCCOCCNC(=O)CN1CCN(CC(=O)OC(C)(C)C)CCN(CC(=O)OC(C)(C)C)CCN(CC(=O)OC(C)(C)C)CC1. The van der Waals surface area contributed by atoms with E-state index in [0.717, 1.165) is 6.20 Å². The van der Waals surface area contributed by atoms with Gasteiger partial charge in [-0.15, -0.1) is 0 Å². The number of carbonyl (C=O) groups is 6. The molecule has 2 heterocycles. The van der Waals surface area contributed by atoms with Gasteiger partial charge in [-0.25, -0.2) is 0 Å². The molecule has 1 aromatic heterocycles. The number of rotatable bonds is 30. The van der Waals surface area contributed by atoms with Gasteiger partial charge < -0.3 is 53.4 Å². The van der Waals surface area contributed by atoms with Crippen molar-refractivity contribution in [1.82, 2.24) is 35.2 Å². The highest BCUT2D eigenvalue weighted by Crippen LogP contribution is 2.36. The van der Waals surface area contributed by atoms with Gasteiger partial charge in [-0.3, -0.25) is 53.4 Å². The number of amides is 3. The maximum absolute atomic E-state index is 13.7. The summed E-state index contributed by atoms with van der Waals surface area (Å²) in [6.07, 6.45) is -3.86. The van der Waals surface area contributed by atoms with Crippen molar-refractivity contribution in [3.8, 4) is 22.9 Å². The average molecular weight is 1280 g/mol. The highest BCUT2D eigenvalue weighted by molar-refractivity contribution is 6.33. The Labute approximate surface area is 525 Å². The van der Waals surface area contributed by atoms with Crippen LogP contribution in [0.25, 0.3) is 11.1 Å². The standard InChI is InChI=1S/C62H89ClF3N9O14/c1-59(2,3)87-55(78)42-73-22-20-72(21-23-74(43-56(79)88-60(4,5)6)25-27-75(26-24-73)44-57(80)89-61(7,8)9)41-54(77)69-19-30-83-32-34-85-36-35-84-33-31-82-29-18-68-53(76)17-28-86-51-14-12-11-13-50(51)71(10)58(81)45-15-16-49(63)47(37-45)48-40-70-52(62(64,65)66)38-46(48)39-67/h11-16,37-38,40H,17-36,41-44H2,1-10H3,(H,68,76)(H,69,77). The number of halogens is 4. The number of nitriles is 1. The van der Waals surface area contributed by atoms with Crippen LogP contribution in [0.3, 0.4) is 0 Å². The average Bonchev–Trinajstić information content (AvgIpc) is 1.19. The molecule has 1 aliphatic heterocycles. The normalized spacial score (nSPS) is 14.6. The zero-order valence-electron chi connectivity index (χ0n) is 53.0. The van der Waals surface area contributed by atoms with Crippen molar-refractivity contribution in [2.75, 3.05) is 163 Å². The van der Waals surface area contributed by atoms with E-state index in [1.807, 2.05) is 81.9 Å². The molecule has 1 saturated heterocycles. The zero-order chi connectivity index (χ0) is 65.8. The van der Waals surface area contributed by atoms with Gasteiger partial charge in [-0.1, -0.05) is 23.7 Å². The van der Waals surface area contributed by atoms with Crippen LogP contribution in [0.5, 0.6) is 5.75 Å². The minimum absolute atomic E-state index is 0.00402. The predicted molar refractivity (Wildman–Crippen MR) is 326 cm³/mol. The van der Waals surface area contributed by atoms with Crippen LogP contribution in [0.15, 0.2) is 54.7 Å². The summed E-state index contributed by atoms with van der Waals surface area (Å²) in [6.45, 7) is 22.6. The van der Waals surface area contributed by atoms with Gasteiger partial charge in [0.15, 0.2) is 0 Å². The van der Waals surface area contributed by atoms with Crippen molar-refractivity contribution in [3.63, 3.8) is 0 Å². The molecule has 3 aromatic rings. The lowest BCUT2D eigenvalue weighted by atomic mass is 9.99. The van der Waals surface area contributed by atoms with E-state index in [9.17, 15) is 47.2 Å². The Morgan fingerprint density at radius 1 is 0.584 bits per heavy atom. The summed E-state index contributed by atoms with van der Waals surface area (Å²) < 4.78 is 85.1. The van der Waals surface area contributed by atoms with E-state index >= 15 is 0 Å². The molecule has 89 heavy (non-hydrogen) atoms. The number of hydrogen-bond acceptors (Lipinski definition) is 20. The third kappa shape index (κ3) is 30.2. The second-order valence-corrected chi connectivity index (χ2v) is 24.3. The number of anilines is 1. The second kappa shape index (κ2) is 37.0. The zero-order valence-corrected chi connectivity index (χ0v) is 53.8. The molecule has 0 radical (unpaired) electrons. The van der Waals surface area contributed by atoms with Crippen molar-refractivity contribution in [3.05, 3.63) is 76.6 Å². The molecule has 4 rings (SSSR count). The topological polar surface area (TPSA) is 253 Å². The minimum atomic E-state index is -4.76. The quantitative estimate of drug-likeness (QED) is 0.0449. The molecule has 0 aliphatic carbocycles. The van der Waals surface area contributed by atoms with Crippen LogP contribution in [-0.2, 0) is 63.3 Å². The van der Waals surface area contributed by atoms with Gasteiger partial charge in [-0.2, -0.15) is 18.4 Å². The fourth-order valence-corrected chi connectivity index (χ4v) is 8.93. The van der Waals surface area contributed by atoms with E-state index in [-0.39, 0.29) is 129 Å². The number of pyridine rings is 1. The first-order valence-corrected chi connectivity index (χ1v) is 29.9. The molecular weight excluding hydrogens is 1190 g/mol. The molecule has 494 valence electrons. The summed E-state index contributed by atoms with van der Waals surface area (Å²) in [4.78, 5) is 91.3. The molecule has 0 spiro atoms. The van der Waals surface area contributed by atoms with Gasteiger partial charge in [0.2, 0.25) is 11.8 Å². The number of esters is 3. The van der Waals surface area contributed by atoms with Crippen LogP contribution < -0.4 is 20.3 Å². The van der Waals surface area contributed by atoms with E-state index < -0.39 is 34.6 Å². The maximum atomic E-state index is 13.7. The fraction of sp³-hybridized carbons (Fsp3) is 0.613. The number of aromatic nitrogens is 1. The summed E-state index contributed by atoms with van der Waals surface area (Å²) in [5.74, 6) is -1.85. The first kappa shape index (κ1) is 74.9. The van der Waals surface area contributed by atoms with Crippen LogP contribution in [0.1, 0.15) is 90.3 Å². The highest BCUT2D eigenvalue weighted by atomic mass is 35.5. The molecule has 0 unspecified atom stereocenters. The number of hydrogen-bond donors (Lipinski definition) is 2. The van der Waals surface area contributed by atoms with Crippen LogP contribution in [0, 0.1) is 11.3 Å². The lowest BCUT2D eigenvalue weighted by molar-refractivity contribution is -0.158. The molecule has 0 bridgehead atoms. The molecule has 1 fully saturated rings. The van der Waals surface area contributed by atoms with E-state index in [0.29, 0.717) is 103 Å². The molecule has 0 atom stereocenters. The lowest BCUT2D eigenvalue weighted by Gasteiger charge is -2.34. The summed E-state index contributed by atoms with van der Waals surface area (Å²) in [7, 11) is 1.51. The Bertz CT molecular complexity index is 2760. The third-order valence-corrected chi connectivity index (χ3v) is 13.1. The van der Waals surface area contributed by atoms with Gasteiger partial charge in [0.05, 0.1) is 109 Å². The van der Waals surface area contributed by atoms with Gasteiger partial charge in [0, 0.05) is 100 Å². The molecular formula is C62H89ClF3N9O14. The molecule has 27 heteroatoms. The first-order chi connectivity index (χ1) is 41.9. The monoisotopic (exact) mass is 1280 g/mol. The van der Waals surface area contributed by atoms with Gasteiger partial charge >= 0.3 is 24.1 Å². The first-order valence-electron chi connectivity index (χ1n) is 29.6. The Morgan fingerprint density at radius 3 is 1.45 bits per heavy atom.